The van der Waals surface area contributed by atoms with Crippen LogP contribution in [-0.2, 0) is 19.1 Å². The molecule has 4 heteroatoms. The maximum atomic E-state index is 11.9. The molecule has 0 aliphatic heterocycles. The lowest BCUT2D eigenvalue weighted by molar-refractivity contribution is -0.142. The van der Waals surface area contributed by atoms with Gasteiger partial charge in [0.2, 0.25) is 0 Å². The van der Waals surface area contributed by atoms with Gasteiger partial charge in [0.15, 0.2) is 0 Å². The Balaban J connectivity index is 4.85. The fourth-order valence-corrected chi connectivity index (χ4v) is 1.50. The first-order valence-corrected chi connectivity index (χ1v) is 7.12. The van der Waals surface area contributed by atoms with Crippen molar-refractivity contribution in [1.29, 1.82) is 0 Å². The number of carbonyl (C=O) groups is 2. The Bertz CT molecular complexity index is 318. The van der Waals surface area contributed by atoms with Gasteiger partial charge in [-0.25, -0.2) is 9.59 Å². The summed E-state index contributed by atoms with van der Waals surface area (Å²) in [6.07, 6.45) is 3.92. The Morgan fingerprint density at radius 1 is 0.842 bits per heavy atom. The molecule has 110 valence electrons. The highest BCUT2D eigenvalue weighted by molar-refractivity contribution is 5.99. The molecule has 0 bridgehead atoms. The Labute approximate surface area is 116 Å². The predicted molar refractivity (Wildman–Crippen MR) is 74.7 cm³/mol. The highest BCUT2D eigenvalue weighted by Crippen LogP contribution is 2.16. The van der Waals surface area contributed by atoms with Crippen molar-refractivity contribution in [2.24, 2.45) is 0 Å². The second-order valence-electron chi connectivity index (χ2n) is 4.48. The molecular weight excluding hydrogens is 244 g/mol. The minimum absolute atomic E-state index is 0.376. The highest BCUT2D eigenvalue weighted by Gasteiger charge is 2.19. The van der Waals surface area contributed by atoms with E-state index in [4.69, 9.17) is 9.47 Å². The molecule has 4 nitrogen and oxygen atoms in total. The van der Waals surface area contributed by atoms with Crippen molar-refractivity contribution >= 4 is 11.9 Å². The molecule has 0 saturated carbocycles. The number of carbonyl (C=O) groups excluding carboxylic acids is 2. The lowest BCUT2D eigenvalue weighted by Crippen LogP contribution is -2.16. The SMILES string of the molecule is CCCCC(C(=O)OCCC)=C(C)C(=O)OCCC. The minimum atomic E-state index is -0.415. The molecule has 19 heavy (non-hydrogen) atoms. The first kappa shape index (κ1) is 17.7. The molecule has 0 aromatic rings. The van der Waals surface area contributed by atoms with Gasteiger partial charge < -0.3 is 9.47 Å². The second-order valence-corrected chi connectivity index (χ2v) is 4.48. The third-order valence-corrected chi connectivity index (χ3v) is 2.66. The van der Waals surface area contributed by atoms with Gasteiger partial charge in [0.1, 0.15) is 0 Å². The van der Waals surface area contributed by atoms with Crippen molar-refractivity contribution in [2.45, 2.75) is 59.8 Å². The summed E-state index contributed by atoms with van der Waals surface area (Å²) in [4.78, 5) is 23.7. The molecule has 0 unspecified atom stereocenters. The van der Waals surface area contributed by atoms with E-state index < -0.39 is 5.97 Å². The third kappa shape index (κ3) is 6.99. The van der Waals surface area contributed by atoms with Gasteiger partial charge in [-0.15, -0.1) is 0 Å². The smallest absolute Gasteiger partial charge is 0.334 e. The van der Waals surface area contributed by atoms with E-state index in [1.54, 1.807) is 6.92 Å². The van der Waals surface area contributed by atoms with E-state index in [1.807, 2.05) is 20.8 Å². The molecule has 0 fully saturated rings. The average molecular weight is 270 g/mol. The summed E-state index contributed by atoms with van der Waals surface area (Å²) in [6.45, 7) is 8.30. The van der Waals surface area contributed by atoms with Gasteiger partial charge in [-0.1, -0.05) is 27.2 Å². The molecule has 0 N–H and O–H groups in total. The summed E-state index contributed by atoms with van der Waals surface area (Å²) < 4.78 is 10.2. The fourth-order valence-electron chi connectivity index (χ4n) is 1.50. The Morgan fingerprint density at radius 2 is 1.37 bits per heavy atom. The summed E-state index contributed by atoms with van der Waals surface area (Å²) in [7, 11) is 0. The number of hydrogen-bond donors (Lipinski definition) is 0. The monoisotopic (exact) mass is 270 g/mol. The van der Waals surface area contributed by atoms with Crippen LogP contribution in [0.4, 0.5) is 0 Å². The lowest BCUT2D eigenvalue weighted by atomic mass is 10.0. The van der Waals surface area contributed by atoms with Crippen LogP contribution in [-0.4, -0.2) is 25.2 Å². The molecule has 0 atom stereocenters. The summed E-state index contributed by atoms with van der Waals surface area (Å²) in [5.74, 6) is -0.803. The van der Waals surface area contributed by atoms with E-state index >= 15 is 0 Å². The summed E-state index contributed by atoms with van der Waals surface area (Å²) >= 11 is 0. The molecule has 0 aliphatic carbocycles. The van der Waals surface area contributed by atoms with Crippen LogP contribution < -0.4 is 0 Å². The third-order valence-electron chi connectivity index (χ3n) is 2.66. The summed E-state index contributed by atoms with van der Waals surface area (Å²) in [5, 5.41) is 0. The molecular formula is C15H26O4. The van der Waals surface area contributed by atoms with Crippen molar-refractivity contribution in [3.63, 3.8) is 0 Å². The van der Waals surface area contributed by atoms with Gasteiger partial charge in [-0.3, -0.25) is 0 Å². The number of hydrogen-bond acceptors (Lipinski definition) is 4. The Kier molecular flexibility index (Phi) is 9.85. The predicted octanol–water partition coefficient (Wildman–Crippen LogP) is 3.40. The van der Waals surface area contributed by atoms with Crippen LogP contribution in [0.25, 0.3) is 0 Å². The largest absolute Gasteiger partial charge is 0.462 e. The number of ether oxygens (including phenoxy) is 2. The normalized spacial score (nSPS) is 11.8. The van der Waals surface area contributed by atoms with Gasteiger partial charge in [0, 0.05) is 11.1 Å². The van der Waals surface area contributed by atoms with Crippen LogP contribution in [0, 0.1) is 0 Å². The minimum Gasteiger partial charge on any atom is -0.462 e. The first-order chi connectivity index (χ1) is 9.08. The molecule has 0 rings (SSSR count). The van der Waals surface area contributed by atoms with E-state index in [2.05, 4.69) is 0 Å². The van der Waals surface area contributed by atoms with E-state index in [-0.39, 0.29) is 5.97 Å². The topological polar surface area (TPSA) is 52.6 Å². The van der Waals surface area contributed by atoms with Gasteiger partial charge in [-0.2, -0.15) is 0 Å². The van der Waals surface area contributed by atoms with Gasteiger partial charge in [0.25, 0.3) is 0 Å². The van der Waals surface area contributed by atoms with Crippen molar-refractivity contribution in [2.75, 3.05) is 13.2 Å². The number of rotatable bonds is 9. The van der Waals surface area contributed by atoms with Crippen LogP contribution in [0.1, 0.15) is 59.8 Å². The summed E-state index contributed by atoms with van der Waals surface area (Å²) in [5.41, 5.74) is 0.833. The van der Waals surface area contributed by atoms with E-state index in [9.17, 15) is 9.59 Å². The molecule has 0 aromatic carbocycles. The van der Waals surface area contributed by atoms with Gasteiger partial charge in [0.05, 0.1) is 13.2 Å². The first-order valence-electron chi connectivity index (χ1n) is 7.12. The van der Waals surface area contributed by atoms with Crippen molar-refractivity contribution in [1.82, 2.24) is 0 Å². The van der Waals surface area contributed by atoms with Crippen LogP contribution >= 0.6 is 0 Å². The molecule has 0 aliphatic rings. The molecule has 0 aromatic heterocycles. The number of esters is 2. The van der Waals surface area contributed by atoms with Crippen molar-refractivity contribution in [3.8, 4) is 0 Å². The zero-order valence-corrected chi connectivity index (χ0v) is 12.6. The number of unbranched alkanes of at least 4 members (excludes halogenated alkanes) is 1. The van der Waals surface area contributed by atoms with E-state index in [1.165, 1.54) is 0 Å². The maximum absolute atomic E-state index is 11.9. The van der Waals surface area contributed by atoms with Crippen LogP contribution in [0.3, 0.4) is 0 Å². The van der Waals surface area contributed by atoms with E-state index in [0.717, 1.165) is 25.7 Å². The Hall–Kier alpha value is -1.32. The average Bonchev–Trinajstić information content (AvgIpc) is 2.42. The molecule has 0 radical (unpaired) electrons. The zero-order valence-electron chi connectivity index (χ0n) is 12.6. The van der Waals surface area contributed by atoms with Crippen molar-refractivity contribution in [3.05, 3.63) is 11.1 Å². The fraction of sp³-hybridized carbons (Fsp3) is 0.733. The van der Waals surface area contributed by atoms with Crippen LogP contribution in [0.5, 0.6) is 0 Å². The van der Waals surface area contributed by atoms with Crippen LogP contribution in [0.15, 0.2) is 11.1 Å². The van der Waals surface area contributed by atoms with Crippen LogP contribution in [0.2, 0.25) is 0 Å². The maximum Gasteiger partial charge on any atom is 0.334 e. The van der Waals surface area contributed by atoms with E-state index in [0.29, 0.717) is 30.8 Å². The standard InChI is InChI=1S/C15H26O4/c1-5-8-9-13(15(17)19-11-7-3)12(4)14(16)18-10-6-2/h5-11H2,1-4H3. The van der Waals surface area contributed by atoms with Gasteiger partial charge in [-0.05, 0) is 32.6 Å². The molecule has 0 heterocycles. The molecule has 0 saturated heterocycles. The van der Waals surface area contributed by atoms with Crippen molar-refractivity contribution < 1.29 is 19.1 Å². The summed E-state index contributed by atoms with van der Waals surface area (Å²) in [6, 6.07) is 0. The highest BCUT2D eigenvalue weighted by atomic mass is 16.5. The second kappa shape index (κ2) is 10.6. The quantitative estimate of drug-likeness (QED) is 0.476. The lowest BCUT2D eigenvalue weighted by Gasteiger charge is -2.11. The zero-order chi connectivity index (χ0) is 14.7. The molecule has 0 spiro atoms. The van der Waals surface area contributed by atoms with Gasteiger partial charge >= 0.3 is 11.9 Å². The molecule has 0 amide bonds. The Morgan fingerprint density at radius 3 is 1.84 bits per heavy atom.